The lowest BCUT2D eigenvalue weighted by atomic mass is 9.75. The van der Waals surface area contributed by atoms with Crippen LogP contribution in [-0.4, -0.2) is 63.7 Å². The first-order valence-corrected chi connectivity index (χ1v) is 8.98. The number of hydrogen-bond donors (Lipinski definition) is 1. The Kier molecular flexibility index (Phi) is 3.73. The van der Waals surface area contributed by atoms with Crippen LogP contribution >= 0.6 is 22.6 Å². The summed E-state index contributed by atoms with van der Waals surface area (Å²) < 4.78 is 1.11. The average Bonchev–Trinajstić information content (AvgIpc) is 2.72. The van der Waals surface area contributed by atoms with E-state index in [9.17, 15) is 0 Å². The number of allylic oxidation sites excluding steroid dienone is 1. The van der Waals surface area contributed by atoms with Crippen molar-refractivity contribution in [1.82, 2.24) is 9.80 Å². The number of halogens is 1. The van der Waals surface area contributed by atoms with Crippen molar-refractivity contribution in [2.45, 2.75) is 18.9 Å². The Morgan fingerprint density at radius 3 is 2.73 bits per heavy atom. The fourth-order valence-electron chi connectivity index (χ4n) is 3.75. The molecule has 0 aromatic carbocycles. The van der Waals surface area contributed by atoms with Crippen molar-refractivity contribution in [3.8, 4) is 0 Å². The molecule has 2 fully saturated rings. The van der Waals surface area contributed by atoms with Gasteiger partial charge in [-0.25, -0.2) is 0 Å². The maximum atomic E-state index is 6.50. The predicted molar refractivity (Wildman–Crippen MR) is 96.1 cm³/mol. The molecule has 3 aliphatic heterocycles. The van der Waals surface area contributed by atoms with Crippen LogP contribution in [0.2, 0.25) is 0 Å². The maximum absolute atomic E-state index is 6.50. The highest BCUT2D eigenvalue weighted by molar-refractivity contribution is 14.1. The van der Waals surface area contributed by atoms with E-state index in [1.54, 1.807) is 6.20 Å². The van der Waals surface area contributed by atoms with Crippen LogP contribution in [-0.2, 0) is 0 Å². The van der Waals surface area contributed by atoms with Crippen LogP contribution in [0.25, 0.3) is 0 Å². The van der Waals surface area contributed by atoms with Gasteiger partial charge in [-0.15, -0.1) is 4.59 Å². The van der Waals surface area contributed by atoms with Gasteiger partial charge in [0.15, 0.2) is 0 Å². The summed E-state index contributed by atoms with van der Waals surface area (Å²) in [6.45, 7) is 4.66. The van der Waals surface area contributed by atoms with Gasteiger partial charge in [0.2, 0.25) is 5.70 Å². The smallest absolute Gasteiger partial charge is 0.293 e. The number of rotatable bonds is 2. The minimum Gasteiger partial charge on any atom is -0.304 e. The summed E-state index contributed by atoms with van der Waals surface area (Å²) in [6, 6.07) is 0.620. The van der Waals surface area contributed by atoms with E-state index >= 15 is 0 Å². The van der Waals surface area contributed by atoms with Crippen molar-refractivity contribution in [3.05, 3.63) is 23.8 Å². The number of nitrogens with two attached hydrogens (primary N) is 1. The van der Waals surface area contributed by atoms with Crippen molar-refractivity contribution >= 4 is 32.6 Å². The molecule has 1 saturated heterocycles. The number of amidine groups is 1. The first-order chi connectivity index (χ1) is 10.6. The number of piperazine rings is 1. The normalized spacial score (nSPS) is 39.0. The average molecular weight is 413 g/mol. The summed E-state index contributed by atoms with van der Waals surface area (Å²) in [7, 11) is 2.20. The van der Waals surface area contributed by atoms with Gasteiger partial charge in [-0.1, -0.05) is 0 Å². The van der Waals surface area contributed by atoms with Crippen LogP contribution in [0.4, 0.5) is 0 Å². The lowest BCUT2D eigenvalue weighted by Gasteiger charge is -2.47. The van der Waals surface area contributed by atoms with E-state index < -0.39 is 0 Å². The van der Waals surface area contributed by atoms with Gasteiger partial charge in [-0.05, 0) is 19.9 Å². The molecule has 0 aromatic rings. The number of hydrogen-bond acceptors (Lipinski definition) is 5. The van der Waals surface area contributed by atoms with Gasteiger partial charge in [-0.2, -0.15) is 10.8 Å². The van der Waals surface area contributed by atoms with E-state index in [2.05, 4.69) is 44.4 Å². The standard InChI is InChI=1S/C15H22IN6/c1-20-5-7-21(8-6-20)12-3-2-11(12)14-13-10-18-4-9-22(13,17)15(16)19-14/h4,9-12H,2-3,5-8,17H2,1H3/q+1. The lowest BCUT2D eigenvalue weighted by molar-refractivity contribution is -0.745. The molecular formula is C15H22IN6+. The Morgan fingerprint density at radius 1 is 1.27 bits per heavy atom. The number of likely N-dealkylation sites (N-methyl/N-ethyl adjacent to an activating group) is 1. The Balaban J connectivity index is 1.59. The van der Waals surface area contributed by atoms with Gasteiger partial charge >= 0.3 is 0 Å². The molecule has 118 valence electrons. The molecule has 3 atom stereocenters. The molecule has 0 bridgehead atoms. The third kappa shape index (κ3) is 2.22. The minimum absolute atomic E-state index is 0.200. The number of quaternary nitrogens is 1. The van der Waals surface area contributed by atoms with Crippen molar-refractivity contribution in [3.63, 3.8) is 0 Å². The molecule has 1 aliphatic carbocycles. The van der Waals surface area contributed by atoms with E-state index in [-0.39, 0.29) is 4.59 Å². The number of aliphatic imine (C=N–C) groups is 2. The molecule has 7 heteroatoms. The SMILES string of the molecule is CN1CCN(C2CCC2C2=C3C=NC=C[N+]3(N)C(I)=N2)CC1. The van der Waals surface area contributed by atoms with Crippen LogP contribution in [0.1, 0.15) is 12.8 Å². The van der Waals surface area contributed by atoms with E-state index in [4.69, 9.17) is 10.8 Å². The van der Waals surface area contributed by atoms with Crippen LogP contribution in [0.15, 0.2) is 33.8 Å². The van der Waals surface area contributed by atoms with Gasteiger partial charge < -0.3 is 4.90 Å². The lowest BCUT2D eigenvalue weighted by Crippen LogP contribution is -2.55. The summed E-state index contributed by atoms with van der Waals surface area (Å²) in [4.78, 5) is 14.2. The topological polar surface area (TPSA) is 57.2 Å². The van der Waals surface area contributed by atoms with Gasteiger partial charge in [0, 0.05) is 38.1 Å². The monoisotopic (exact) mass is 413 g/mol. The van der Waals surface area contributed by atoms with Crippen molar-refractivity contribution in [1.29, 1.82) is 0 Å². The maximum Gasteiger partial charge on any atom is 0.293 e. The van der Waals surface area contributed by atoms with E-state index in [0.717, 1.165) is 41.4 Å². The highest BCUT2D eigenvalue weighted by atomic mass is 127. The Hall–Kier alpha value is -0.610. The molecule has 3 heterocycles. The molecule has 22 heavy (non-hydrogen) atoms. The van der Waals surface area contributed by atoms with Crippen LogP contribution < -0.4 is 5.84 Å². The van der Waals surface area contributed by atoms with Crippen LogP contribution in [0.3, 0.4) is 0 Å². The van der Waals surface area contributed by atoms with Crippen molar-refractivity contribution in [2.75, 3.05) is 33.2 Å². The summed E-state index contributed by atoms with van der Waals surface area (Å²) >= 11 is 2.26. The Labute approximate surface area is 144 Å². The Bertz CT molecular complexity index is 601. The third-order valence-electron chi connectivity index (χ3n) is 5.36. The van der Waals surface area contributed by atoms with Gasteiger partial charge in [0.1, 0.15) is 11.9 Å². The zero-order valence-corrected chi connectivity index (χ0v) is 15.0. The minimum atomic E-state index is 0.200. The summed E-state index contributed by atoms with van der Waals surface area (Å²) in [5, 5.41) is 0. The molecule has 4 aliphatic rings. The molecule has 6 nitrogen and oxygen atoms in total. The van der Waals surface area contributed by atoms with Crippen LogP contribution in [0, 0.1) is 5.92 Å². The number of fused-ring (bicyclic) bond motifs is 1. The fraction of sp³-hybridized carbons (Fsp3) is 0.600. The van der Waals surface area contributed by atoms with E-state index in [1.165, 1.54) is 12.8 Å². The highest BCUT2D eigenvalue weighted by Crippen LogP contribution is 2.44. The first-order valence-electron chi connectivity index (χ1n) is 7.90. The zero-order chi connectivity index (χ0) is 15.3. The Morgan fingerprint density at radius 2 is 2.05 bits per heavy atom. The second kappa shape index (κ2) is 5.48. The van der Waals surface area contributed by atoms with Crippen LogP contribution in [0.5, 0.6) is 0 Å². The second-order valence-corrected chi connectivity index (χ2v) is 7.56. The first kappa shape index (κ1) is 14.9. The fourth-order valence-corrected chi connectivity index (χ4v) is 4.43. The largest absolute Gasteiger partial charge is 0.304 e. The summed E-state index contributed by atoms with van der Waals surface area (Å²) in [5.41, 5.74) is 2.21. The molecule has 1 saturated carbocycles. The third-order valence-corrected chi connectivity index (χ3v) is 6.40. The van der Waals surface area contributed by atoms with Crippen molar-refractivity contribution < 1.29 is 4.59 Å². The molecule has 0 radical (unpaired) electrons. The highest BCUT2D eigenvalue weighted by Gasteiger charge is 2.48. The van der Waals surface area contributed by atoms with E-state index in [0.29, 0.717) is 12.0 Å². The van der Waals surface area contributed by atoms with E-state index in [1.807, 2.05) is 12.4 Å². The molecule has 0 aromatic heterocycles. The number of nitrogens with zero attached hydrogens (tertiary/aromatic N) is 5. The summed E-state index contributed by atoms with van der Waals surface area (Å²) in [5.74, 6) is 7.00. The molecule has 2 N–H and O–H groups in total. The van der Waals surface area contributed by atoms with Crippen molar-refractivity contribution in [2.24, 2.45) is 21.7 Å². The molecular weight excluding hydrogens is 391 g/mol. The summed E-state index contributed by atoms with van der Waals surface area (Å²) in [6.07, 6.45) is 8.05. The zero-order valence-electron chi connectivity index (χ0n) is 12.8. The molecule has 0 amide bonds. The molecule has 4 rings (SSSR count). The molecule has 0 spiro atoms. The predicted octanol–water partition coefficient (Wildman–Crippen LogP) is 1.27. The second-order valence-electron chi connectivity index (χ2n) is 6.60. The quantitative estimate of drug-likeness (QED) is 0.321. The molecule has 3 unspecified atom stereocenters. The van der Waals surface area contributed by atoms with Gasteiger partial charge in [0.05, 0.1) is 35.0 Å². The van der Waals surface area contributed by atoms with Gasteiger partial charge in [0.25, 0.3) is 3.84 Å². The van der Waals surface area contributed by atoms with Gasteiger partial charge in [-0.3, -0.25) is 9.89 Å².